The Balaban J connectivity index is 2.18. The number of nitrogens with zero attached hydrogens (tertiary/aromatic N) is 1. The fourth-order valence-electron chi connectivity index (χ4n) is 4.65. The normalized spacial score (nSPS) is 37.6. The molecule has 0 bridgehead atoms. The standard InChI is InChI=1S/C17H24BNO6/c1-19-7-6-15(10-4-5-11(24-2)12(8-10)25-3)9-16(18,21)14(20)17(22,23)13(15)19/h4-5,8,13-14,20-23H,6-7,9H2,1-3H3/t13?,14?,15-,16?/m1/s1. The van der Waals surface area contributed by atoms with Gasteiger partial charge in [-0.05, 0) is 44.1 Å². The number of aliphatic hydroxyl groups excluding tert-OH is 1. The molecule has 2 aliphatic rings. The summed E-state index contributed by atoms with van der Waals surface area (Å²) >= 11 is 0. The van der Waals surface area contributed by atoms with Gasteiger partial charge in [-0.2, -0.15) is 0 Å². The molecule has 136 valence electrons. The zero-order valence-corrected chi connectivity index (χ0v) is 14.6. The number of benzene rings is 1. The van der Waals surface area contributed by atoms with Crippen LogP contribution in [0.3, 0.4) is 0 Å². The first kappa shape index (κ1) is 18.5. The molecule has 7 nitrogen and oxygen atoms in total. The summed E-state index contributed by atoms with van der Waals surface area (Å²) in [7, 11) is 10.7. The van der Waals surface area contributed by atoms with Crippen LogP contribution >= 0.6 is 0 Å². The van der Waals surface area contributed by atoms with Gasteiger partial charge in [0.1, 0.15) is 14.0 Å². The van der Waals surface area contributed by atoms with Crippen molar-refractivity contribution in [3.8, 4) is 11.5 Å². The Labute approximate surface area is 148 Å². The van der Waals surface area contributed by atoms with Gasteiger partial charge in [-0.15, -0.1) is 0 Å². The second kappa shape index (κ2) is 5.85. The number of fused-ring (bicyclic) bond motifs is 1. The lowest BCUT2D eigenvalue weighted by Gasteiger charge is -2.56. The van der Waals surface area contributed by atoms with Gasteiger partial charge in [0.15, 0.2) is 11.5 Å². The molecule has 4 atom stereocenters. The number of ether oxygens (including phenoxy) is 2. The summed E-state index contributed by atoms with van der Waals surface area (Å²) in [5, 5.41) is 42.0. The molecule has 0 amide bonds. The number of hydrogen-bond donors (Lipinski definition) is 4. The molecule has 1 aromatic rings. The van der Waals surface area contributed by atoms with Crippen molar-refractivity contribution in [3.63, 3.8) is 0 Å². The average Bonchev–Trinajstić information content (AvgIpc) is 2.90. The van der Waals surface area contributed by atoms with E-state index in [0.29, 0.717) is 24.5 Å². The van der Waals surface area contributed by atoms with Crippen LogP contribution in [-0.4, -0.2) is 84.4 Å². The van der Waals surface area contributed by atoms with E-state index in [9.17, 15) is 20.4 Å². The number of methoxy groups -OCH3 is 2. The third kappa shape index (κ3) is 2.55. The molecule has 25 heavy (non-hydrogen) atoms. The van der Waals surface area contributed by atoms with E-state index < -0.39 is 28.8 Å². The fraction of sp³-hybridized carbons (Fsp3) is 0.647. The first-order valence-electron chi connectivity index (χ1n) is 8.17. The van der Waals surface area contributed by atoms with Crippen molar-refractivity contribution in [2.75, 3.05) is 27.8 Å². The fourth-order valence-corrected chi connectivity index (χ4v) is 4.65. The summed E-state index contributed by atoms with van der Waals surface area (Å²) in [6, 6.07) is 4.46. The molecule has 0 aromatic heterocycles. The van der Waals surface area contributed by atoms with E-state index in [1.54, 1.807) is 30.1 Å². The molecule has 1 saturated carbocycles. The molecule has 0 spiro atoms. The van der Waals surface area contributed by atoms with Crippen molar-refractivity contribution in [1.29, 1.82) is 0 Å². The number of rotatable bonds is 3. The van der Waals surface area contributed by atoms with E-state index in [1.165, 1.54) is 14.2 Å². The number of likely N-dealkylation sites (tertiary alicyclic amines) is 1. The van der Waals surface area contributed by atoms with Crippen LogP contribution in [-0.2, 0) is 5.41 Å². The maximum atomic E-state index is 10.6. The first-order chi connectivity index (χ1) is 11.6. The van der Waals surface area contributed by atoms with Crippen LogP contribution in [0.5, 0.6) is 11.5 Å². The lowest BCUT2D eigenvalue weighted by atomic mass is 9.53. The van der Waals surface area contributed by atoms with Crippen molar-refractivity contribution in [2.24, 2.45) is 0 Å². The minimum Gasteiger partial charge on any atom is -0.493 e. The van der Waals surface area contributed by atoms with Crippen molar-refractivity contribution < 1.29 is 29.9 Å². The highest BCUT2D eigenvalue weighted by Gasteiger charge is 2.67. The number of likely N-dealkylation sites (N-methyl/N-ethyl adjacent to an activating group) is 1. The molecule has 3 unspecified atom stereocenters. The second-order valence-corrected chi connectivity index (χ2v) is 7.21. The highest BCUT2D eigenvalue weighted by Crippen LogP contribution is 2.54. The SMILES string of the molecule is [B]C1(O)C[C@@]2(c3ccc(OC)c(OC)c3)CCN(C)C2C(O)(O)C1O. The predicted octanol–water partition coefficient (Wildman–Crippen LogP) is -1.05. The minimum atomic E-state index is -2.57. The molecule has 1 saturated heterocycles. The Kier molecular flexibility index (Phi) is 4.33. The van der Waals surface area contributed by atoms with Gasteiger partial charge in [0.25, 0.3) is 0 Å². The minimum absolute atomic E-state index is 0.0193. The molecular formula is C17H24BNO6. The van der Waals surface area contributed by atoms with Gasteiger partial charge in [-0.3, -0.25) is 4.90 Å². The van der Waals surface area contributed by atoms with E-state index in [1.807, 2.05) is 0 Å². The Morgan fingerprint density at radius 1 is 1.16 bits per heavy atom. The van der Waals surface area contributed by atoms with Crippen molar-refractivity contribution in [2.45, 2.75) is 41.7 Å². The molecule has 1 aliphatic heterocycles. The van der Waals surface area contributed by atoms with Crippen LogP contribution in [0.25, 0.3) is 0 Å². The molecular weight excluding hydrogens is 325 g/mol. The Bertz CT molecular complexity index is 667. The number of aliphatic hydroxyl groups is 4. The van der Waals surface area contributed by atoms with Crippen molar-refractivity contribution >= 4 is 7.85 Å². The largest absolute Gasteiger partial charge is 0.493 e. The summed E-state index contributed by atoms with van der Waals surface area (Å²) in [6.07, 6.45) is -1.37. The topological polar surface area (TPSA) is 103 Å². The van der Waals surface area contributed by atoms with Crippen molar-refractivity contribution in [1.82, 2.24) is 4.90 Å². The molecule has 1 heterocycles. The summed E-state index contributed by atoms with van der Waals surface area (Å²) in [5.74, 6) is -1.53. The highest BCUT2D eigenvalue weighted by atomic mass is 16.5. The van der Waals surface area contributed by atoms with E-state index in [4.69, 9.17) is 17.3 Å². The van der Waals surface area contributed by atoms with Gasteiger partial charge < -0.3 is 29.9 Å². The molecule has 8 heteroatoms. The van der Waals surface area contributed by atoms with Crippen LogP contribution in [0.1, 0.15) is 18.4 Å². The van der Waals surface area contributed by atoms with E-state index >= 15 is 0 Å². The average molecular weight is 349 g/mol. The van der Waals surface area contributed by atoms with Gasteiger partial charge in [0, 0.05) is 5.41 Å². The summed E-state index contributed by atoms with van der Waals surface area (Å²) in [4.78, 5) is 1.77. The molecule has 2 radical (unpaired) electrons. The Morgan fingerprint density at radius 3 is 2.40 bits per heavy atom. The first-order valence-corrected chi connectivity index (χ1v) is 8.17. The van der Waals surface area contributed by atoms with Gasteiger partial charge in [0.05, 0.1) is 25.8 Å². The maximum absolute atomic E-state index is 10.6. The molecule has 1 aliphatic carbocycles. The third-order valence-corrected chi connectivity index (χ3v) is 5.71. The van der Waals surface area contributed by atoms with Crippen LogP contribution in [0.15, 0.2) is 18.2 Å². The van der Waals surface area contributed by atoms with E-state index in [-0.39, 0.29) is 6.42 Å². The lowest BCUT2D eigenvalue weighted by Crippen LogP contribution is -2.74. The maximum Gasteiger partial charge on any atom is 0.208 e. The van der Waals surface area contributed by atoms with Crippen molar-refractivity contribution in [3.05, 3.63) is 23.8 Å². The van der Waals surface area contributed by atoms with Crippen LogP contribution < -0.4 is 9.47 Å². The van der Waals surface area contributed by atoms with Crippen LogP contribution in [0.4, 0.5) is 0 Å². The second-order valence-electron chi connectivity index (χ2n) is 7.21. The molecule has 2 fully saturated rings. The lowest BCUT2D eigenvalue weighted by molar-refractivity contribution is -0.308. The zero-order chi connectivity index (χ0) is 18.6. The van der Waals surface area contributed by atoms with Gasteiger partial charge >= 0.3 is 0 Å². The van der Waals surface area contributed by atoms with E-state index in [0.717, 1.165) is 5.56 Å². The summed E-state index contributed by atoms with van der Waals surface area (Å²) < 4.78 is 10.6. The molecule has 1 aromatic carbocycles. The van der Waals surface area contributed by atoms with Crippen LogP contribution in [0, 0.1) is 0 Å². The Hall–Kier alpha value is -1.32. The van der Waals surface area contributed by atoms with Crippen LogP contribution in [0.2, 0.25) is 0 Å². The monoisotopic (exact) mass is 349 g/mol. The zero-order valence-electron chi connectivity index (χ0n) is 14.6. The number of hydrogen-bond acceptors (Lipinski definition) is 7. The quantitative estimate of drug-likeness (QED) is 0.408. The summed E-state index contributed by atoms with van der Waals surface area (Å²) in [5.41, 5.74) is -2.26. The summed E-state index contributed by atoms with van der Waals surface area (Å²) in [6.45, 7) is 0.560. The smallest absolute Gasteiger partial charge is 0.208 e. The highest BCUT2D eigenvalue weighted by molar-refractivity contribution is 6.15. The predicted molar refractivity (Wildman–Crippen MR) is 90.8 cm³/mol. The molecule has 3 rings (SSSR count). The van der Waals surface area contributed by atoms with E-state index in [2.05, 4.69) is 0 Å². The molecule has 4 N–H and O–H groups in total. The van der Waals surface area contributed by atoms with Gasteiger partial charge in [-0.1, -0.05) is 6.07 Å². The van der Waals surface area contributed by atoms with Gasteiger partial charge in [0.2, 0.25) is 5.79 Å². The van der Waals surface area contributed by atoms with Gasteiger partial charge in [-0.25, -0.2) is 0 Å². The third-order valence-electron chi connectivity index (χ3n) is 5.71. The Morgan fingerprint density at radius 2 is 1.80 bits per heavy atom.